The summed E-state index contributed by atoms with van der Waals surface area (Å²) in [7, 11) is 0. The van der Waals surface area contributed by atoms with Crippen LogP contribution in [-0.4, -0.2) is 11.1 Å². The van der Waals surface area contributed by atoms with E-state index in [1.807, 2.05) is 24.3 Å². The normalized spacial score (nSPS) is 10.7. The summed E-state index contributed by atoms with van der Waals surface area (Å²) in [6, 6.07) is 7.53. The largest absolute Gasteiger partial charge is 0.550 e. The van der Waals surface area contributed by atoms with Gasteiger partial charge in [-0.1, -0.05) is 17.3 Å². The third kappa shape index (κ3) is 2.15. The summed E-state index contributed by atoms with van der Waals surface area (Å²) in [5.74, 6) is -1.03. The molecule has 2 rings (SSSR count). The van der Waals surface area contributed by atoms with E-state index in [0.717, 1.165) is 16.7 Å². The molecule has 0 saturated carbocycles. The van der Waals surface area contributed by atoms with Crippen LogP contribution in [0.1, 0.15) is 18.5 Å². The number of fused-ring (bicyclic) bond motifs is 1. The van der Waals surface area contributed by atoms with Gasteiger partial charge in [0.1, 0.15) is 0 Å². The summed E-state index contributed by atoms with van der Waals surface area (Å²) in [5.41, 5.74) is 1.55. The van der Waals surface area contributed by atoms with Gasteiger partial charge in [0.25, 0.3) is 0 Å². The average molecular weight is 204 g/mol. The molecule has 0 bridgehead atoms. The van der Waals surface area contributed by atoms with Crippen molar-refractivity contribution < 1.29 is 14.4 Å². The van der Waals surface area contributed by atoms with E-state index >= 15 is 0 Å². The lowest BCUT2D eigenvalue weighted by Crippen LogP contribution is -2.21. The minimum atomic E-state index is -1.03. The Bertz CT molecular complexity index is 475. The molecule has 0 fully saturated rings. The molecule has 0 N–H and O–H groups in total. The number of aliphatic carboxylic acids is 1. The minimum Gasteiger partial charge on any atom is -0.550 e. The van der Waals surface area contributed by atoms with Gasteiger partial charge in [0, 0.05) is 11.4 Å². The van der Waals surface area contributed by atoms with Gasteiger partial charge in [0.05, 0.1) is 5.69 Å². The molecule has 1 heterocycles. The highest BCUT2D eigenvalue weighted by Gasteiger charge is 2.06. The monoisotopic (exact) mass is 204 g/mol. The molecule has 4 heteroatoms. The molecule has 0 aliphatic carbocycles. The maximum atomic E-state index is 10.2. The van der Waals surface area contributed by atoms with Gasteiger partial charge in [0.15, 0.2) is 5.58 Å². The van der Waals surface area contributed by atoms with Crippen LogP contribution in [0.4, 0.5) is 0 Å². The highest BCUT2D eigenvalue weighted by Crippen LogP contribution is 2.19. The zero-order chi connectivity index (χ0) is 10.7. The number of carbonyl (C=O) groups is 1. The Kier molecular flexibility index (Phi) is 2.67. The van der Waals surface area contributed by atoms with Crippen molar-refractivity contribution in [3.63, 3.8) is 0 Å². The van der Waals surface area contributed by atoms with Gasteiger partial charge in [-0.05, 0) is 31.4 Å². The summed E-state index contributed by atoms with van der Waals surface area (Å²) in [6.45, 7) is 0. The van der Waals surface area contributed by atoms with Crippen LogP contribution in [0.5, 0.6) is 0 Å². The zero-order valence-corrected chi connectivity index (χ0v) is 8.10. The number of nitrogens with zero attached hydrogens (tertiary/aromatic N) is 1. The molecule has 0 radical (unpaired) electrons. The molecule has 0 amide bonds. The number of para-hydroxylation sites is 1. The summed E-state index contributed by atoms with van der Waals surface area (Å²) < 4.78 is 5.09. The third-order valence-corrected chi connectivity index (χ3v) is 2.25. The molecule has 15 heavy (non-hydrogen) atoms. The lowest BCUT2D eigenvalue weighted by Gasteiger charge is -1.99. The molecule has 1 aromatic carbocycles. The fraction of sp³-hybridized carbons (Fsp3) is 0.273. The van der Waals surface area contributed by atoms with Crippen molar-refractivity contribution >= 4 is 16.9 Å². The second-order valence-electron chi connectivity index (χ2n) is 3.35. The van der Waals surface area contributed by atoms with E-state index in [0.29, 0.717) is 12.8 Å². The lowest BCUT2D eigenvalue weighted by atomic mass is 10.1. The Balaban J connectivity index is 2.11. The molecule has 0 unspecified atom stereocenters. The molecule has 0 spiro atoms. The van der Waals surface area contributed by atoms with E-state index in [1.54, 1.807) is 0 Å². The van der Waals surface area contributed by atoms with Crippen LogP contribution in [0.3, 0.4) is 0 Å². The quantitative estimate of drug-likeness (QED) is 0.742. The van der Waals surface area contributed by atoms with Crippen molar-refractivity contribution in [2.45, 2.75) is 19.3 Å². The predicted molar refractivity (Wildman–Crippen MR) is 52.0 cm³/mol. The number of carboxylic acid groups (broad SMARTS) is 1. The summed E-state index contributed by atoms with van der Waals surface area (Å²) in [6.07, 6.45) is 1.19. The van der Waals surface area contributed by atoms with Crippen LogP contribution in [0.25, 0.3) is 11.0 Å². The number of aryl methyl sites for hydroxylation is 1. The van der Waals surface area contributed by atoms with Gasteiger partial charge in [-0.2, -0.15) is 0 Å². The third-order valence-electron chi connectivity index (χ3n) is 2.25. The molecular formula is C11H10NO3-. The van der Waals surface area contributed by atoms with Crippen molar-refractivity contribution in [3.8, 4) is 0 Å². The summed E-state index contributed by atoms with van der Waals surface area (Å²) in [5, 5.41) is 15.1. The smallest absolute Gasteiger partial charge is 0.167 e. The van der Waals surface area contributed by atoms with Crippen molar-refractivity contribution in [2.24, 2.45) is 0 Å². The van der Waals surface area contributed by atoms with E-state index in [1.165, 1.54) is 0 Å². The van der Waals surface area contributed by atoms with E-state index in [9.17, 15) is 9.90 Å². The van der Waals surface area contributed by atoms with E-state index in [2.05, 4.69) is 5.16 Å². The molecule has 0 atom stereocenters. The molecule has 0 aliphatic heterocycles. The van der Waals surface area contributed by atoms with Crippen molar-refractivity contribution in [1.82, 2.24) is 5.16 Å². The maximum Gasteiger partial charge on any atom is 0.167 e. The van der Waals surface area contributed by atoms with Gasteiger partial charge in [0.2, 0.25) is 0 Å². The lowest BCUT2D eigenvalue weighted by molar-refractivity contribution is -0.305. The van der Waals surface area contributed by atoms with Gasteiger partial charge >= 0.3 is 0 Å². The van der Waals surface area contributed by atoms with Gasteiger partial charge in [-0.25, -0.2) is 0 Å². The maximum absolute atomic E-state index is 10.2. The molecule has 4 nitrogen and oxygen atoms in total. The summed E-state index contributed by atoms with van der Waals surface area (Å²) in [4.78, 5) is 10.2. The average Bonchev–Trinajstić information content (AvgIpc) is 2.62. The highest BCUT2D eigenvalue weighted by molar-refractivity contribution is 5.79. The molecular weight excluding hydrogens is 194 g/mol. The Morgan fingerprint density at radius 1 is 1.40 bits per heavy atom. The number of benzene rings is 1. The Morgan fingerprint density at radius 3 is 3.00 bits per heavy atom. The number of carboxylic acids is 1. The fourth-order valence-corrected chi connectivity index (χ4v) is 1.52. The van der Waals surface area contributed by atoms with Gasteiger partial charge in [-0.15, -0.1) is 0 Å². The predicted octanol–water partition coefficient (Wildman–Crippen LogP) is 0.900. The van der Waals surface area contributed by atoms with Crippen LogP contribution in [0, 0.1) is 0 Å². The Labute approximate surface area is 86.5 Å². The number of aromatic nitrogens is 1. The van der Waals surface area contributed by atoms with Crippen LogP contribution in [0.2, 0.25) is 0 Å². The molecule has 0 aliphatic rings. The van der Waals surface area contributed by atoms with Crippen LogP contribution >= 0.6 is 0 Å². The van der Waals surface area contributed by atoms with Crippen molar-refractivity contribution in [3.05, 3.63) is 30.0 Å². The summed E-state index contributed by atoms with van der Waals surface area (Å²) >= 11 is 0. The first-order valence-corrected chi connectivity index (χ1v) is 4.80. The van der Waals surface area contributed by atoms with Crippen LogP contribution in [-0.2, 0) is 11.2 Å². The number of hydrogen-bond acceptors (Lipinski definition) is 4. The first-order valence-electron chi connectivity index (χ1n) is 4.80. The SMILES string of the molecule is O=C([O-])CCCc1noc2ccccc12. The number of hydrogen-bond donors (Lipinski definition) is 0. The second-order valence-corrected chi connectivity index (χ2v) is 3.35. The molecule has 1 aromatic heterocycles. The molecule has 78 valence electrons. The topological polar surface area (TPSA) is 66.2 Å². The zero-order valence-electron chi connectivity index (χ0n) is 8.10. The first-order chi connectivity index (χ1) is 7.27. The number of rotatable bonds is 4. The fourth-order valence-electron chi connectivity index (χ4n) is 1.52. The van der Waals surface area contributed by atoms with Crippen molar-refractivity contribution in [1.29, 1.82) is 0 Å². The molecule has 0 saturated heterocycles. The highest BCUT2D eigenvalue weighted by atomic mass is 16.5. The minimum absolute atomic E-state index is 0.0567. The van der Waals surface area contributed by atoms with Crippen LogP contribution < -0.4 is 5.11 Å². The Morgan fingerprint density at radius 2 is 2.20 bits per heavy atom. The second kappa shape index (κ2) is 4.13. The molecule has 2 aromatic rings. The van der Waals surface area contributed by atoms with E-state index in [4.69, 9.17) is 4.52 Å². The Hall–Kier alpha value is -1.84. The van der Waals surface area contributed by atoms with E-state index < -0.39 is 5.97 Å². The van der Waals surface area contributed by atoms with Crippen molar-refractivity contribution in [2.75, 3.05) is 0 Å². The number of carbonyl (C=O) groups excluding carboxylic acids is 1. The first kappa shape index (κ1) is 9.71. The van der Waals surface area contributed by atoms with Crippen LogP contribution in [0.15, 0.2) is 28.8 Å². The van der Waals surface area contributed by atoms with E-state index in [-0.39, 0.29) is 6.42 Å². The van der Waals surface area contributed by atoms with Gasteiger partial charge in [-0.3, -0.25) is 0 Å². The standard InChI is InChI=1S/C11H11NO3/c13-11(14)7-3-5-9-8-4-1-2-6-10(8)15-12-9/h1-2,4,6H,3,5,7H2,(H,13,14)/p-1. The van der Waals surface area contributed by atoms with Gasteiger partial charge < -0.3 is 14.4 Å².